The lowest BCUT2D eigenvalue weighted by atomic mass is 9.57. The van der Waals surface area contributed by atoms with Gasteiger partial charge in [-0.15, -0.1) is 0 Å². The number of likely N-dealkylation sites (tertiary alicyclic amines) is 1. The van der Waals surface area contributed by atoms with Crippen molar-refractivity contribution < 1.29 is 4.74 Å². The van der Waals surface area contributed by atoms with Crippen molar-refractivity contribution in [1.82, 2.24) is 15.5 Å². The number of fused-ring (bicyclic) bond motifs is 1. The third kappa shape index (κ3) is 3.57. The molecule has 1 aliphatic carbocycles. The number of hydrogen-bond donors (Lipinski definition) is 2. The molecule has 0 amide bonds. The number of nitrogens with zero attached hydrogens (tertiary/aromatic N) is 2. The summed E-state index contributed by atoms with van der Waals surface area (Å²) in [6.07, 6.45) is 5.29. The molecule has 0 spiro atoms. The first kappa shape index (κ1) is 18.0. The highest BCUT2D eigenvalue weighted by atomic mass is 16.5. The maximum atomic E-state index is 5.92. The van der Waals surface area contributed by atoms with Crippen LogP contribution in [0.5, 0.6) is 0 Å². The lowest BCUT2D eigenvalue weighted by Gasteiger charge is -2.55. The number of hydrogen-bond acceptors (Lipinski definition) is 3. The van der Waals surface area contributed by atoms with Gasteiger partial charge in [-0.05, 0) is 39.2 Å². The third-order valence-corrected chi connectivity index (χ3v) is 6.18. The molecule has 24 heavy (non-hydrogen) atoms. The van der Waals surface area contributed by atoms with E-state index in [1.165, 1.54) is 45.3 Å². The van der Waals surface area contributed by atoms with Gasteiger partial charge in [0, 0.05) is 49.7 Å². The van der Waals surface area contributed by atoms with Gasteiger partial charge in [-0.25, -0.2) is 0 Å². The zero-order valence-electron chi connectivity index (χ0n) is 16.0. The average molecular weight is 337 g/mol. The third-order valence-electron chi connectivity index (χ3n) is 6.18. The van der Waals surface area contributed by atoms with Crippen LogP contribution >= 0.6 is 0 Å². The molecule has 2 N–H and O–H groups in total. The number of ether oxygens (including phenoxy) is 1. The van der Waals surface area contributed by atoms with E-state index in [-0.39, 0.29) is 5.41 Å². The minimum Gasteiger partial charge on any atom is -0.377 e. The minimum absolute atomic E-state index is 0.196. The first-order valence-electron chi connectivity index (χ1n) is 9.97. The van der Waals surface area contributed by atoms with Gasteiger partial charge < -0.3 is 20.3 Å². The maximum absolute atomic E-state index is 5.92. The average Bonchev–Trinajstić information content (AvgIpc) is 3.02. The fourth-order valence-electron chi connectivity index (χ4n) is 4.87. The SMILES string of the molecule is CCCN1CCC(NC(=NCC)NC2C3CCOC3C2(C)C)CC1. The first-order valence-corrected chi connectivity index (χ1v) is 9.97. The zero-order chi connectivity index (χ0) is 17.2. The number of aliphatic imine (C=N–C) groups is 1. The monoisotopic (exact) mass is 336 g/mol. The summed E-state index contributed by atoms with van der Waals surface area (Å²) >= 11 is 0. The summed E-state index contributed by atoms with van der Waals surface area (Å²) in [6.45, 7) is 14.4. The molecule has 2 saturated heterocycles. The van der Waals surface area contributed by atoms with Crippen LogP contribution < -0.4 is 10.6 Å². The molecule has 138 valence electrons. The summed E-state index contributed by atoms with van der Waals surface area (Å²) < 4.78 is 5.92. The molecule has 3 unspecified atom stereocenters. The Morgan fingerprint density at radius 1 is 1.17 bits per heavy atom. The van der Waals surface area contributed by atoms with Crippen molar-refractivity contribution in [3.05, 3.63) is 0 Å². The van der Waals surface area contributed by atoms with E-state index in [0.717, 1.165) is 19.1 Å². The molecule has 3 fully saturated rings. The fraction of sp³-hybridized carbons (Fsp3) is 0.947. The molecule has 3 aliphatic rings. The molecule has 2 aliphatic heterocycles. The van der Waals surface area contributed by atoms with E-state index in [9.17, 15) is 0 Å². The lowest BCUT2D eigenvalue weighted by Crippen LogP contribution is -2.68. The number of nitrogens with one attached hydrogen (secondary N) is 2. The molecular formula is C19H36N4O. The largest absolute Gasteiger partial charge is 0.377 e. The van der Waals surface area contributed by atoms with E-state index in [1.54, 1.807) is 0 Å². The second-order valence-corrected chi connectivity index (χ2v) is 8.27. The van der Waals surface area contributed by atoms with E-state index in [4.69, 9.17) is 9.73 Å². The van der Waals surface area contributed by atoms with Crippen LogP contribution in [0.25, 0.3) is 0 Å². The molecule has 0 radical (unpaired) electrons. The summed E-state index contributed by atoms with van der Waals surface area (Å²) in [7, 11) is 0. The zero-order valence-corrected chi connectivity index (χ0v) is 16.0. The molecule has 3 atom stereocenters. The Morgan fingerprint density at radius 3 is 2.58 bits per heavy atom. The van der Waals surface area contributed by atoms with E-state index in [2.05, 4.69) is 43.2 Å². The van der Waals surface area contributed by atoms with Crippen LogP contribution in [0, 0.1) is 11.3 Å². The molecular weight excluding hydrogens is 300 g/mol. The summed E-state index contributed by atoms with van der Waals surface area (Å²) in [5, 5.41) is 7.45. The van der Waals surface area contributed by atoms with Gasteiger partial charge in [0.2, 0.25) is 0 Å². The van der Waals surface area contributed by atoms with Crippen molar-refractivity contribution in [2.75, 3.05) is 32.8 Å². The predicted octanol–water partition coefficient (Wildman–Crippen LogP) is 2.23. The van der Waals surface area contributed by atoms with Crippen LogP contribution in [0.2, 0.25) is 0 Å². The van der Waals surface area contributed by atoms with Crippen molar-refractivity contribution in [3.8, 4) is 0 Å². The smallest absolute Gasteiger partial charge is 0.191 e. The molecule has 0 aromatic carbocycles. The standard InChI is InChI=1S/C19H36N4O/c1-5-10-23-11-7-14(8-12-23)21-18(20-6-2)22-16-15-9-13-24-17(15)19(16,3)4/h14-17H,5-13H2,1-4H3,(H2,20,21,22). The maximum Gasteiger partial charge on any atom is 0.191 e. The van der Waals surface area contributed by atoms with E-state index < -0.39 is 0 Å². The molecule has 0 aromatic rings. The van der Waals surface area contributed by atoms with Gasteiger partial charge in [0.05, 0.1) is 6.10 Å². The summed E-state index contributed by atoms with van der Waals surface area (Å²) in [6, 6.07) is 1.03. The highest BCUT2D eigenvalue weighted by Crippen LogP contribution is 2.52. The normalized spacial score (nSPS) is 33.8. The second kappa shape index (κ2) is 7.61. The molecule has 3 rings (SSSR count). The highest BCUT2D eigenvalue weighted by molar-refractivity contribution is 5.80. The first-order chi connectivity index (χ1) is 11.6. The predicted molar refractivity (Wildman–Crippen MR) is 99.4 cm³/mol. The van der Waals surface area contributed by atoms with Crippen molar-refractivity contribution in [2.45, 2.75) is 71.6 Å². The van der Waals surface area contributed by atoms with Crippen molar-refractivity contribution >= 4 is 5.96 Å². The van der Waals surface area contributed by atoms with E-state index >= 15 is 0 Å². The molecule has 5 heteroatoms. The van der Waals surface area contributed by atoms with Gasteiger partial charge in [0.1, 0.15) is 0 Å². The van der Waals surface area contributed by atoms with Crippen LogP contribution in [0.1, 0.15) is 53.4 Å². The number of guanidine groups is 1. The minimum atomic E-state index is 0.196. The van der Waals surface area contributed by atoms with Gasteiger partial charge >= 0.3 is 0 Å². The molecule has 5 nitrogen and oxygen atoms in total. The van der Waals surface area contributed by atoms with E-state index in [0.29, 0.717) is 24.1 Å². The Balaban J connectivity index is 1.53. The van der Waals surface area contributed by atoms with Crippen LogP contribution in [0.3, 0.4) is 0 Å². The van der Waals surface area contributed by atoms with Gasteiger partial charge in [-0.1, -0.05) is 20.8 Å². The Morgan fingerprint density at radius 2 is 1.92 bits per heavy atom. The Hall–Kier alpha value is -0.810. The van der Waals surface area contributed by atoms with Crippen LogP contribution in [0.15, 0.2) is 4.99 Å². The number of rotatable bonds is 5. The topological polar surface area (TPSA) is 48.9 Å². The van der Waals surface area contributed by atoms with Crippen molar-refractivity contribution in [2.24, 2.45) is 16.3 Å². The number of piperidine rings is 1. The fourth-order valence-corrected chi connectivity index (χ4v) is 4.87. The van der Waals surface area contributed by atoms with Crippen molar-refractivity contribution in [1.29, 1.82) is 0 Å². The van der Waals surface area contributed by atoms with Gasteiger partial charge in [0.15, 0.2) is 5.96 Å². The highest BCUT2D eigenvalue weighted by Gasteiger charge is 2.59. The van der Waals surface area contributed by atoms with Gasteiger partial charge in [-0.3, -0.25) is 4.99 Å². The quantitative estimate of drug-likeness (QED) is 0.597. The van der Waals surface area contributed by atoms with Crippen LogP contribution in [-0.4, -0.2) is 61.8 Å². The summed E-state index contributed by atoms with van der Waals surface area (Å²) in [5.41, 5.74) is 0.196. The Labute approximate surface area is 147 Å². The molecule has 0 aromatic heterocycles. The lowest BCUT2D eigenvalue weighted by molar-refractivity contribution is -0.106. The summed E-state index contributed by atoms with van der Waals surface area (Å²) in [4.78, 5) is 7.30. The summed E-state index contributed by atoms with van der Waals surface area (Å²) in [5.74, 6) is 1.66. The Bertz CT molecular complexity index is 443. The van der Waals surface area contributed by atoms with Gasteiger partial charge in [-0.2, -0.15) is 0 Å². The van der Waals surface area contributed by atoms with E-state index in [1.807, 2.05) is 0 Å². The molecule has 1 saturated carbocycles. The van der Waals surface area contributed by atoms with Crippen molar-refractivity contribution in [3.63, 3.8) is 0 Å². The molecule has 2 heterocycles. The molecule has 0 bridgehead atoms. The van der Waals surface area contributed by atoms with Crippen LogP contribution in [-0.2, 0) is 4.74 Å². The van der Waals surface area contributed by atoms with Crippen LogP contribution in [0.4, 0.5) is 0 Å². The second-order valence-electron chi connectivity index (χ2n) is 8.27. The van der Waals surface area contributed by atoms with Gasteiger partial charge in [0.25, 0.3) is 0 Å². The Kier molecular flexibility index (Phi) is 5.70.